The number of aliphatic imine (C=N–C) groups is 1. The summed E-state index contributed by atoms with van der Waals surface area (Å²) < 4.78 is 20.3. The van der Waals surface area contributed by atoms with Gasteiger partial charge in [0.15, 0.2) is 5.96 Å². The summed E-state index contributed by atoms with van der Waals surface area (Å²) in [4.78, 5) is 8.62. The third-order valence-corrected chi connectivity index (χ3v) is 3.90. The van der Waals surface area contributed by atoms with E-state index in [0.29, 0.717) is 31.4 Å². The molecule has 0 bridgehead atoms. The van der Waals surface area contributed by atoms with E-state index < -0.39 is 0 Å². The maximum Gasteiger partial charge on any atom is 0.226 e. The lowest BCUT2D eigenvalue weighted by Gasteiger charge is -2.11. The maximum atomic E-state index is 13.0. The Balaban J connectivity index is 0.00000261. The first-order valence-electron chi connectivity index (χ1n) is 8.27. The van der Waals surface area contributed by atoms with Crippen molar-refractivity contribution < 1.29 is 8.81 Å². The zero-order valence-electron chi connectivity index (χ0n) is 15.1. The van der Waals surface area contributed by atoms with Crippen LogP contribution >= 0.6 is 24.0 Å². The maximum absolute atomic E-state index is 13.0. The zero-order chi connectivity index (χ0) is 18.4. The minimum Gasteiger partial charge on any atom is -0.444 e. The van der Waals surface area contributed by atoms with Gasteiger partial charge in [-0.3, -0.25) is 9.67 Å². The summed E-state index contributed by atoms with van der Waals surface area (Å²) in [7, 11) is 3.62. The quantitative estimate of drug-likeness (QED) is 0.320. The zero-order valence-corrected chi connectivity index (χ0v) is 17.5. The monoisotopic (exact) mass is 484 g/mol. The first kappa shape index (κ1) is 20.9. The average molecular weight is 484 g/mol. The molecule has 7 nitrogen and oxygen atoms in total. The summed E-state index contributed by atoms with van der Waals surface area (Å²) in [5, 5.41) is 10.6. The molecule has 0 aliphatic carbocycles. The van der Waals surface area contributed by atoms with Gasteiger partial charge in [0.05, 0.1) is 17.9 Å². The molecule has 0 fully saturated rings. The van der Waals surface area contributed by atoms with E-state index in [0.717, 1.165) is 17.0 Å². The second-order valence-electron chi connectivity index (χ2n) is 5.70. The lowest BCUT2D eigenvalue weighted by atomic mass is 10.2. The van der Waals surface area contributed by atoms with Crippen molar-refractivity contribution in [1.82, 2.24) is 25.4 Å². The molecule has 0 saturated heterocycles. The molecule has 2 N–H and O–H groups in total. The highest BCUT2D eigenvalue weighted by atomic mass is 127. The van der Waals surface area contributed by atoms with Crippen LogP contribution in [-0.2, 0) is 20.0 Å². The van der Waals surface area contributed by atoms with Gasteiger partial charge in [0.2, 0.25) is 5.89 Å². The van der Waals surface area contributed by atoms with Crippen molar-refractivity contribution in [1.29, 1.82) is 0 Å². The average Bonchev–Trinajstić information content (AvgIpc) is 3.28. The van der Waals surface area contributed by atoms with Crippen LogP contribution in [0.5, 0.6) is 0 Å². The highest BCUT2D eigenvalue weighted by molar-refractivity contribution is 14.0. The van der Waals surface area contributed by atoms with Gasteiger partial charge < -0.3 is 15.1 Å². The standard InChI is InChI=1S/C18H21FN6O.HI/c1-20-18(22-11-16-8-10-23-25(16)2)21-9-7-15-12-26-17(24-15)13-3-5-14(19)6-4-13;/h3-6,8,10,12H,7,9,11H2,1-2H3,(H2,20,21,22);1H. The van der Waals surface area contributed by atoms with Gasteiger partial charge in [-0.05, 0) is 30.3 Å². The number of halogens is 2. The van der Waals surface area contributed by atoms with Gasteiger partial charge in [0.1, 0.15) is 12.1 Å². The summed E-state index contributed by atoms with van der Waals surface area (Å²) >= 11 is 0. The smallest absolute Gasteiger partial charge is 0.226 e. The highest BCUT2D eigenvalue weighted by Crippen LogP contribution is 2.18. The summed E-state index contributed by atoms with van der Waals surface area (Å²) in [5.41, 5.74) is 2.63. The fourth-order valence-corrected chi connectivity index (χ4v) is 2.43. The summed E-state index contributed by atoms with van der Waals surface area (Å²) in [5.74, 6) is 0.905. The molecule has 2 aromatic heterocycles. The molecule has 0 atom stereocenters. The van der Waals surface area contributed by atoms with Crippen LogP contribution in [0.4, 0.5) is 4.39 Å². The van der Waals surface area contributed by atoms with E-state index in [1.54, 1.807) is 31.6 Å². The number of rotatable bonds is 6. The molecule has 0 unspecified atom stereocenters. The van der Waals surface area contributed by atoms with Gasteiger partial charge in [-0.1, -0.05) is 0 Å². The fourth-order valence-electron chi connectivity index (χ4n) is 2.43. The van der Waals surface area contributed by atoms with Crippen molar-refractivity contribution in [3.05, 3.63) is 60.0 Å². The van der Waals surface area contributed by atoms with E-state index in [2.05, 4.69) is 25.7 Å². The second-order valence-corrected chi connectivity index (χ2v) is 5.70. The highest BCUT2D eigenvalue weighted by Gasteiger charge is 2.07. The van der Waals surface area contributed by atoms with Crippen molar-refractivity contribution in [3.63, 3.8) is 0 Å². The van der Waals surface area contributed by atoms with Crippen molar-refractivity contribution in [2.45, 2.75) is 13.0 Å². The molecule has 0 amide bonds. The van der Waals surface area contributed by atoms with Gasteiger partial charge in [0.25, 0.3) is 0 Å². The Morgan fingerprint density at radius 3 is 2.67 bits per heavy atom. The van der Waals surface area contributed by atoms with Crippen molar-refractivity contribution in [3.8, 4) is 11.5 Å². The molecule has 0 radical (unpaired) electrons. The molecule has 0 saturated carbocycles. The number of benzene rings is 1. The fraction of sp³-hybridized carbons (Fsp3) is 0.278. The number of aryl methyl sites for hydroxylation is 1. The Hall–Kier alpha value is -2.43. The van der Waals surface area contributed by atoms with Crippen molar-refractivity contribution in [2.24, 2.45) is 12.0 Å². The molecule has 144 valence electrons. The predicted molar refractivity (Wildman–Crippen MR) is 112 cm³/mol. The Morgan fingerprint density at radius 2 is 2.00 bits per heavy atom. The number of guanidine groups is 1. The Morgan fingerprint density at radius 1 is 1.22 bits per heavy atom. The molecule has 0 spiro atoms. The molecule has 0 aliphatic rings. The van der Waals surface area contributed by atoms with Gasteiger partial charge in [0, 0.05) is 38.8 Å². The molecule has 3 aromatic rings. The largest absolute Gasteiger partial charge is 0.444 e. The number of oxazole rings is 1. The second kappa shape index (κ2) is 10.0. The number of aromatic nitrogens is 3. The summed E-state index contributed by atoms with van der Waals surface area (Å²) in [6, 6.07) is 8.02. The van der Waals surface area contributed by atoms with Crippen LogP contribution in [0.1, 0.15) is 11.4 Å². The van der Waals surface area contributed by atoms with E-state index in [4.69, 9.17) is 4.42 Å². The van der Waals surface area contributed by atoms with Crippen LogP contribution in [0.3, 0.4) is 0 Å². The van der Waals surface area contributed by atoms with Crippen LogP contribution in [0.15, 0.2) is 52.2 Å². The first-order valence-corrected chi connectivity index (χ1v) is 8.27. The lowest BCUT2D eigenvalue weighted by Crippen LogP contribution is -2.38. The van der Waals surface area contributed by atoms with Crippen LogP contribution in [0.2, 0.25) is 0 Å². The molecule has 3 rings (SSSR count). The Bertz CT molecular complexity index is 874. The molecular weight excluding hydrogens is 462 g/mol. The van der Waals surface area contributed by atoms with Gasteiger partial charge >= 0.3 is 0 Å². The minimum atomic E-state index is -0.283. The summed E-state index contributed by atoms with van der Waals surface area (Å²) in [6.45, 7) is 1.29. The normalized spacial score (nSPS) is 11.1. The minimum absolute atomic E-state index is 0. The van der Waals surface area contributed by atoms with E-state index >= 15 is 0 Å². The number of nitrogens with zero attached hydrogens (tertiary/aromatic N) is 4. The van der Waals surface area contributed by atoms with Gasteiger partial charge in [-0.25, -0.2) is 9.37 Å². The SMILES string of the molecule is CN=C(NCCc1coc(-c2ccc(F)cc2)n1)NCc1ccnn1C.I. The van der Waals surface area contributed by atoms with E-state index in [1.807, 2.05) is 17.8 Å². The lowest BCUT2D eigenvalue weighted by molar-refractivity contribution is 0.571. The molecule has 9 heteroatoms. The molecule has 0 aliphatic heterocycles. The molecule has 1 aromatic carbocycles. The van der Waals surface area contributed by atoms with E-state index in [-0.39, 0.29) is 29.8 Å². The third-order valence-electron chi connectivity index (χ3n) is 3.90. The van der Waals surface area contributed by atoms with E-state index in [1.165, 1.54) is 12.1 Å². The molecule has 27 heavy (non-hydrogen) atoms. The number of hydrogen-bond donors (Lipinski definition) is 2. The van der Waals surface area contributed by atoms with Crippen LogP contribution in [0.25, 0.3) is 11.5 Å². The van der Waals surface area contributed by atoms with Crippen molar-refractivity contribution in [2.75, 3.05) is 13.6 Å². The Labute approximate surface area is 174 Å². The van der Waals surface area contributed by atoms with Crippen molar-refractivity contribution >= 4 is 29.9 Å². The third kappa shape index (κ3) is 5.78. The van der Waals surface area contributed by atoms with Gasteiger partial charge in [-0.15, -0.1) is 24.0 Å². The molecule has 2 heterocycles. The Kier molecular flexibility index (Phi) is 7.77. The number of hydrogen-bond acceptors (Lipinski definition) is 4. The van der Waals surface area contributed by atoms with E-state index in [9.17, 15) is 4.39 Å². The van der Waals surface area contributed by atoms with Crippen LogP contribution in [-0.4, -0.2) is 34.3 Å². The van der Waals surface area contributed by atoms with Gasteiger partial charge in [-0.2, -0.15) is 5.10 Å². The molecular formula is C18H22FIN6O. The van der Waals surface area contributed by atoms with Crippen LogP contribution < -0.4 is 10.6 Å². The van der Waals surface area contributed by atoms with Crippen LogP contribution in [0, 0.1) is 5.82 Å². The first-order chi connectivity index (χ1) is 12.7. The predicted octanol–water partition coefficient (Wildman–Crippen LogP) is 2.74. The number of nitrogens with one attached hydrogen (secondary N) is 2. The topological polar surface area (TPSA) is 80.3 Å². The summed E-state index contributed by atoms with van der Waals surface area (Å²) in [6.07, 6.45) is 4.06.